The minimum Gasteiger partial charge on any atom is -0.465 e. The van der Waals surface area contributed by atoms with Gasteiger partial charge >= 0.3 is 5.97 Å². The van der Waals surface area contributed by atoms with E-state index in [2.05, 4.69) is 4.74 Å². The Morgan fingerprint density at radius 1 is 0.962 bits per heavy atom. The molecule has 0 spiro atoms. The molecule has 0 saturated heterocycles. The molecule has 3 aromatic carbocycles. The lowest BCUT2D eigenvalue weighted by atomic mass is 10.1. The molecule has 0 heterocycles. The van der Waals surface area contributed by atoms with Gasteiger partial charge in [0, 0.05) is 13.6 Å². The Morgan fingerprint density at radius 2 is 1.62 bits per heavy atom. The maximum Gasteiger partial charge on any atom is 0.337 e. The summed E-state index contributed by atoms with van der Waals surface area (Å²) in [6, 6.07) is 19.4. The van der Waals surface area contributed by atoms with Crippen LogP contribution in [-0.4, -0.2) is 32.8 Å². The van der Waals surface area contributed by atoms with Crippen LogP contribution in [0, 0.1) is 0 Å². The Morgan fingerprint density at radius 3 is 2.27 bits per heavy atom. The molecular formula is C20H19NO4S. The molecule has 26 heavy (non-hydrogen) atoms. The summed E-state index contributed by atoms with van der Waals surface area (Å²) in [5, 5.41) is 1.87. The van der Waals surface area contributed by atoms with Gasteiger partial charge in [0.2, 0.25) is 10.0 Å². The van der Waals surface area contributed by atoms with E-state index < -0.39 is 16.0 Å². The molecule has 0 radical (unpaired) electrons. The maximum absolute atomic E-state index is 12.9. The molecule has 0 saturated carbocycles. The molecule has 0 amide bonds. The summed E-state index contributed by atoms with van der Waals surface area (Å²) in [4.78, 5) is 11.7. The second-order valence-corrected chi connectivity index (χ2v) is 8.00. The fourth-order valence-electron chi connectivity index (χ4n) is 2.71. The van der Waals surface area contributed by atoms with Gasteiger partial charge in [-0.2, -0.15) is 4.31 Å². The van der Waals surface area contributed by atoms with E-state index in [0.717, 1.165) is 16.3 Å². The first-order chi connectivity index (χ1) is 12.4. The molecule has 0 aliphatic heterocycles. The van der Waals surface area contributed by atoms with Crippen LogP contribution in [0.2, 0.25) is 0 Å². The van der Waals surface area contributed by atoms with E-state index in [-0.39, 0.29) is 11.4 Å². The molecule has 0 aliphatic carbocycles. The van der Waals surface area contributed by atoms with Crippen LogP contribution in [0.4, 0.5) is 0 Å². The Labute approximate surface area is 152 Å². The number of carbonyl (C=O) groups excluding carboxylic acids is 1. The van der Waals surface area contributed by atoms with Gasteiger partial charge in [0.15, 0.2) is 0 Å². The minimum absolute atomic E-state index is 0.205. The average molecular weight is 369 g/mol. The molecule has 0 fully saturated rings. The van der Waals surface area contributed by atoms with Crippen molar-refractivity contribution in [2.45, 2.75) is 11.4 Å². The van der Waals surface area contributed by atoms with Crippen molar-refractivity contribution < 1.29 is 17.9 Å². The molecule has 5 nitrogen and oxygen atoms in total. The van der Waals surface area contributed by atoms with E-state index in [1.165, 1.54) is 11.4 Å². The van der Waals surface area contributed by atoms with Gasteiger partial charge in [-0.1, -0.05) is 42.5 Å². The third-order valence-corrected chi connectivity index (χ3v) is 6.01. The van der Waals surface area contributed by atoms with Crippen LogP contribution in [0.3, 0.4) is 0 Å². The van der Waals surface area contributed by atoms with Gasteiger partial charge in [-0.15, -0.1) is 0 Å². The predicted molar refractivity (Wildman–Crippen MR) is 100 cm³/mol. The van der Waals surface area contributed by atoms with Crippen molar-refractivity contribution in [3.63, 3.8) is 0 Å². The van der Waals surface area contributed by atoms with Crippen LogP contribution in [-0.2, 0) is 21.3 Å². The molecule has 0 atom stereocenters. The first-order valence-electron chi connectivity index (χ1n) is 8.04. The molecular weight excluding hydrogens is 350 g/mol. The Balaban J connectivity index is 1.83. The minimum atomic E-state index is -3.62. The summed E-state index contributed by atoms with van der Waals surface area (Å²) < 4.78 is 31.7. The third kappa shape index (κ3) is 3.61. The van der Waals surface area contributed by atoms with Crippen molar-refractivity contribution in [1.29, 1.82) is 0 Å². The highest BCUT2D eigenvalue weighted by Crippen LogP contribution is 2.22. The first kappa shape index (κ1) is 18.1. The zero-order valence-electron chi connectivity index (χ0n) is 14.5. The fraction of sp³-hybridized carbons (Fsp3) is 0.150. The number of esters is 1. The standard InChI is InChI=1S/C20H19NO4S/c1-21(14-15-7-9-17(10-8-15)20(22)25-2)26(23,24)19-12-11-16-5-3-4-6-18(16)13-19/h3-13H,14H2,1-2H3. The SMILES string of the molecule is COC(=O)c1ccc(CN(C)S(=O)(=O)c2ccc3ccccc3c2)cc1. The summed E-state index contributed by atoms with van der Waals surface area (Å²) in [5.41, 5.74) is 1.21. The van der Waals surface area contributed by atoms with Gasteiger partial charge < -0.3 is 4.74 Å². The molecule has 3 aromatic rings. The predicted octanol–water partition coefficient (Wildman–Crippen LogP) is 3.45. The largest absolute Gasteiger partial charge is 0.465 e. The molecule has 0 N–H and O–H groups in total. The molecule has 0 aromatic heterocycles. The maximum atomic E-state index is 12.9. The average Bonchev–Trinajstić information content (AvgIpc) is 2.67. The molecule has 134 valence electrons. The zero-order chi connectivity index (χ0) is 18.7. The highest BCUT2D eigenvalue weighted by molar-refractivity contribution is 7.89. The Hall–Kier alpha value is -2.70. The van der Waals surface area contributed by atoms with Crippen molar-refractivity contribution in [1.82, 2.24) is 4.31 Å². The van der Waals surface area contributed by atoms with Crippen molar-refractivity contribution in [2.24, 2.45) is 0 Å². The van der Waals surface area contributed by atoms with Crippen molar-refractivity contribution in [2.75, 3.05) is 14.2 Å². The summed E-state index contributed by atoms with van der Waals surface area (Å²) in [5.74, 6) is -0.423. The normalized spacial score (nSPS) is 11.7. The van der Waals surface area contributed by atoms with E-state index in [1.54, 1.807) is 49.5 Å². The third-order valence-electron chi connectivity index (χ3n) is 4.21. The second-order valence-electron chi connectivity index (χ2n) is 5.96. The number of rotatable bonds is 5. The number of benzene rings is 3. The van der Waals surface area contributed by atoms with E-state index in [4.69, 9.17) is 0 Å². The number of sulfonamides is 1. The van der Waals surface area contributed by atoms with Crippen molar-refractivity contribution in [3.05, 3.63) is 77.9 Å². The lowest BCUT2D eigenvalue weighted by Gasteiger charge is -2.18. The van der Waals surface area contributed by atoms with Crippen molar-refractivity contribution >= 4 is 26.8 Å². The second kappa shape index (κ2) is 7.27. The summed E-state index contributed by atoms with van der Waals surface area (Å²) in [6.07, 6.45) is 0. The molecule has 6 heteroatoms. The molecule has 0 aliphatic rings. The number of ether oxygens (including phenoxy) is 1. The first-order valence-corrected chi connectivity index (χ1v) is 9.48. The van der Waals surface area contributed by atoms with E-state index in [0.29, 0.717) is 5.56 Å². The number of hydrogen-bond acceptors (Lipinski definition) is 4. The molecule has 0 bridgehead atoms. The van der Waals surface area contributed by atoms with E-state index >= 15 is 0 Å². The number of fused-ring (bicyclic) bond motifs is 1. The quantitative estimate of drug-likeness (QED) is 0.646. The topological polar surface area (TPSA) is 63.7 Å². The van der Waals surface area contributed by atoms with Crippen molar-refractivity contribution in [3.8, 4) is 0 Å². The van der Waals surface area contributed by atoms with Gasteiger partial charge in [-0.25, -0.2) is 13.2 Å². The number of methoxy groups -OCH3 is 1. The monoisotopic (exact) mass is 369 g/mol. The van der Waals surface area contributed by atoms with Gasteiger partial charge in [-0.3, -0.25) is 0 Å². The van der Waals surface area contributed by atoms with Gasteiger partial charge in [-0.05, 0) is 40.6 Å². The van der Waals surface area contributed by atoms with Gasteiger partial charge in [0.1, 0.15) is 0 Å². The molecule has 0 unspecified atom stereocenters. The van der Waals surface area contributed by atoms with Crippen LogP contribution in [0.25, 0.3) is 10.8 Å². The van der Waals surface area contributed by atoms with Crippen LogP contribution >= 0.6 is 0 Å². The summed E-state index contributed by atoms with van der Waals surface area (Å²) in [7, 11) is -0.758. The lowest BCUT2D eigenvalue weighted by Crippen LogP contribution is -2.26. The highest BCUT2D eigenvalue weighted by atomic mass is 32.2. The van der Waals surface area contributed by atoms with Crippen LogP contribution in [0.15, 0.2) is 71.6 Å². The number of nitrogens with zero attached hydrogens (tertiary/aromatic N) is 1. The van der Waals surface area contributed by atoms with Crippen LogP contribution in [0.5, 0.6) is 0 Å². The Kier molecular flexibility index (Phi) is 5.06. The lowest BCUT2D eigenvalue weighted by molar-refractivity contribution is 0.0600. The summed E-state index contributed by atoms with van der Waals surface area (Å²) >= 11 is 0. The van der Waals surface area contributed by atoms with Crippen LogP contribution < -0.4 is 0 Å². The van der Waals surface area contributed by atoms with Gasteiger partial charge in [0.25, 0.3) is 0 Å². The Bertz CT molecular complexity index is 1040. The zero-order valence-corrected chi connectivity index (χ0v) is 15.4. The highest BCUT2D eigenvalue weighted by Gasteiger charge is 2.21. The van der Waals surface area contributed by atoms with E-state index in [9.17, 15) is 13.2 Å². The van der Waals surface area contributed by atoms with Crippen LogP contribution in [0.1, 0.15) is 15.9 Å². The number of carbonyl (C=O) groups is 1. The smallest absolute Gasteiger partial charge is 0.337 e. The van der Waals surface area contributed by atoms with Gasteiger partial charge in [0.05, 0.1) is 17.6 Å². The van der Waals surface area contributed by atoms with E-state index in [1.807, 2.05) is 24.3 Å². The summed E-state index contributed by atoms with van der Waals surface area (Å²) in [6.45, 7) is 0.205. The fourth-order valence-corrected chi connectivity index (χ4v) is 3.91. The number of hydrogen-bond donors (Lipinski definition) is 0. The molecule has 3 rings (SSSR count).